The highest BCUT2D eigenvalue weighted by atomic mass is 16.4. The first-order chi connectivity index (χ1) is 11.1. The van der Waals surface area contributed by atoms with Crippen molar-refractivity contribution in [1.29, 1.82) is 0 Å². The molecule has 1 heterocycles. The Labute approximate surface area is 135 Å². The number of nitrogens with one attached hydrogen (secondary N) is 1. The van der Waals surface area contributed by atoms with E-state index in [9.17, 15) is 4.79 Å². The molecule has 2 N–H and O–H groups in total. The minimum Gasteiger partial charge on any atom is -0.478 e. The number of benzene rings is 1. The molecule has 0 atom stereocenters. The van der Waals surface area contributed by atoms with Crippen LogP contribution in [-0.2, 0) is 4.79 Å². The van der Waals surface area contributed by atoms with E-state index < -0.39 is 5.97 Å². The molecule has 2 aromatic rings. The minimum absolute atomic E-state index is 0.260. The van der Waals surface area contributed by atoms with E-state index in [-0.39, 0.29) is 5.57 Å². The lowest BCUT2D eigenvalue weighted by Crippen LogP contribution is -2.04. The van der Waals surface area contributed by atoms with E-state index in [2.05, 4.69) is 15.3 Å². The van der Waals surface area contributed by atoms with Crippen molar-refractivity contribution in [3.63, 3.8) is 0 Å². The second-order valence-electron chi connectivity index (χ2n) is 4.92. The summed E-state index contributed by atoms with van der Waals surface area (Å²) in [6, 6.07) is 11.6. The summed E-state index contributed by atoms with van der Waals surface area (Å²) in [5, 5.41) is 12.1. The largest absolute Gasteiger partial charge is 0.478 e. The Balaban J connectivity index is 2.08. The lowest BCUT2D eigenvalue weighted by Gasteiger charge is -2.07. The van der Waals surface area contributed by atoms with Crippen LogP contribution in [-0.4, -0.2) is 27.6 Å². The lowest BCUT2D eigenvalue weighted by atomic mass is 10.2. The SMILES string of the molecule is C/C=C(\C=C/CNc1cc(C)nc(-c2ccccc2)n1)C(=O)O. The second kappa shape index (κ2) is 7.89. The van der Waals surface area contributed by atoms with E-state index in [1.807, 2.05) is 43.3 Å². The zero-order chi connectivity index (χ0) is 16.7. The van der Waals surface area contributed by atoms with Gasteiger partial charge in [0.15, 0.2) is 5.82 Å². The number of rotatable bonds is 6. The van der Waals surface area contributed by atoms with Crippen molar-refractivity contribution in [3.05, 3.63) is 65.9 Å². The molecule has 5 nitrogen and oxygen atoms in total. The number of anilines is 1. The number of carboxylic acids is 1. The quantitative estimate of drug-likeness (QED) is 0.631. The Morgan fingerprint density at radius 2 is 2.00 bits per heavy atom. The highest BCUT2D eigenvalue weighted by molar-refractivity contribution is 5.89. The summed E-state index contributed by atoms with van der Waals surface area (Å²) < 4.78 is 0. The summed E-state index contributed by atoms with van der Waals surface area (Å²) in [7, 11) is 0. The van der Waals surface area contributed by atoms with E-state index in [4.69, 9.17) is 5.11 Å². The van der Waals surface area contributed by atoms with Crippen LogP contribution in [0.2, 0.25) is 0 Å². The maximum Gasteiger partial charge on any atom is 0.335 e. The van der Waals surface area contributed by atoms with Crippen molar-refractivity contribution < 1.29 is 9.90 Å². The van der Waals surface area contributed by atoms with Gasteiger partial charge in [-0.05, 0) is 13.8 Å². The maximum absolute atomic E-state index is 10.9. The third-order valence-electron chi connectivity index (χ3n) is 3.14. The number of hydrogen-bond donors (Lipinski definition) is 2. The van der Waals surface area contributed by atoms with Gasteiger partial charge in [-0.15, -0.1) is 0 Å². The topological polar surface area (TPSA) is 75.1 Å². The number of aromatic nitrogens is 2. The molecule has 0 saturated carbocycles. The number of carboxylic acid groups (broad SMARTS) is 1. The molecule has 0 unspecified atom stereocenters. The molecule has 0 aliphatic rings. The van der Waals surface area contributed by atoms with Gasteiger partial charge in [-0.3, -0.25) is 0 Å². The fraction of sp³-hybridized carbons (Fsp3) is 0.167. The Kier molecular flexibility index (Phi) is 5.63. The van der Waals surface area contributed by atoms with Gasteiger partial charge >= 0.3 is 5.97 Å². The first-order valence-electron chi connectivity index (χ1n) is 7.31. The molecule has 2 rings (SSSR count). The van der Waals surface area contributed by atoms with Crippen molar-refractivity contribution in [2.75, 3.05) is 11.9 Å². The normalized spacial score (nSPS) is 11.7. The van der Waals surface area contributed by atoms with E-state index >= 15 is 0 Å². The lowest BCUT2D eigenvalue weighted by molar-refractivity contribution is -0.132. The molecule has 0 aliphatic carbocycles. The second-order valence-corrected chi connectivity index (χ2v) is 4.92. The molecule has 1 aromatic carbocycles. The molecule has 0 amide bonds. The summed E-state index contributed by atoms with van der Waals surface area (Å²) in [6.45, 7) is 4.09. The molecule has 23 heavy (non-hydrogen) atoms. The van der Waals surface area contributed by atoms with Crippen molar-refractivity contribution in [1.82, 2.24) is 9.97 Å². The molecule has 0 fully saturated rings. The summed E-state index contributed by atoms with van der Waals surface area (Å²) in [5.41, 5.74) is 2.08. The maximum atomic E-state index is 10.9. The average molecular weight is 309 g/mol. The Hall–Kier alpha value is -2.95. The molecule has 0 radical (unpaired) electrons. The first kappa shape index (κ1) is 16.4. The average Bonchev–Trinajstić information content (AvgIpc) is 2.55. The van der Waals surface area contributed by atoms with Crippen LogP contribution in [0.15, 0.2) is 60.2 Å². The minimum atomic E-state index is -0.937. The van der Waals surface area contributed by atoms with E-state index in [1.54, 1.807) is 25.2 Å². The summed E-state index contributed by atoms with van der Waals surface area (Å²) in [4.78, 5) is 19.8. The van der Waals surface area contributed by atoms with Gasteiger partial charge in [0.05, 0.1) is 5.57 Å². The molecule has 0 saturated heterocycles. The van der Waals surface area contributed by atoms with Gasteiger partial charge in [-0.25, -0.2) is 14.8 Å². The number of allylic oxidation sites excluding steroid dienone is 1. The fourth-order valence-corrected chi connectivity index (χ4v) is 2.02. The van der Waals surface area contributed by atoms with Gasteiger partial charge in [0.25, 0.3) is 0 Å². The standard InChI is InChI=1S/C18H19N3O2/c1-3-14(18(22)23)10-7-11-19-16-12-13(2)20-17(21-16)15-8-5-4-6-9-15/h3-10,12H,11H2,1-2H3,(H,22,23)(H,19,20,21)/b10-7-,14-3+. The van der Waals surface area contributed by atoms with Crippen LogP contribution in [0.3, 0.4) is 0 Å². The Bertz CT molecular complexity index is 737. The molecule has 1 aromatic heterocycles. The Morgan fingerprint density at radius 3 is 2.65 bits per heavy atom. The van der Waals surface area contributed by atoms with Crippen LogP contribution in [0.1, 0.15) is 12.6 Å². The van der Waals surface area contributed by atoms with Crippen LogP contribution < -0.4 is 5.32 Å². The number of nitrogens with zero attached hydrogens (tertiary/aromatic N) is 2. The molecule has 0 spiro atoms. The van der Waals surface area contributed by atoms with Crippen LogP contribution in [0.25, 0.3) is 11.4 Å². The number of aryl methyl sites for hydroxylation is 1. The third kappa shape index (κ3) is 4.78. The molecule has 0 aliphatic heterocycles. The fourth-order valence-electron chi connectivity index (χ4n) is 2.02. The van der Waals surface area contributed by atoms with E-state index in [0.717, 1.165) is 11.3 Å². The van der Waals surface area contributed by atoms with Crippen LogP contribution >= 0.6 is 0 Å². The summed E-state index contributed by atoms with van der Waals surface area (Å²) in [6.07, 6.45) is 4.88. The highest BCUT2D eigenvalue weighted by Gasteiger charge is 2.04. The number of hydrogen-bond acceptors (Lipinski definition) is 4. The number of aliphatic carboxylic acids is 1. The monoisotopic (exact) mass is 309 g/mol. The van der Waals surface area contributed by atoms with Crippen LogP contribution in [0.5, 0.6) is 0 Å². The molecular formula is C18H19N3O2. The number of carbonyl (C=O) groups is 1. The predicted molar refractivity (Wildman–Crippen MR) is 91.2 cm³/mol. The summed E-state index contributed by atoms with van der Waals surface area (Å²) >= 11 is 0. The van der Waals surface area contributed by atoms with Gasteiger partial charge in [0.1, 0.15) is 5.82 Å². The van der Waals surface area contributed by atoms with Crippen molar-refractivity contribution in [3.8, 4) is 11.4 Å². The predicted octanol–water partition coefficient (Wildman–Crippen LogP) is 3.45. The van der Waals surface area contributed by atoms with Crippen molar-refractivity contribution >= 4 is 11.8 Å². The zero-order valence-electron chi connectivity index (χ0n) is 13.2. The van der Waals surface area contributed by atoms with Gasteiger partial charge in [0, 0.05) is 23.9 Å². The molecule has 5 heteroatoms. The van der Waals surface area contributed by atoms with E-state index in [0.29, 0.717) is 18.2 Å². The van der Waals surface area contributed by atoms with Crippen molar-refractivity contribution in [2.24, 2.45) is 0 Å². The summed E-state index contributed by atoms with van der Waals surface area (Å²) in [5.74, 6) is 0.433. The van der Waals surface area contributed by atoms with Crippen LogP contribution in [0.4, 0.5) is 5.82 Å². The third-order valence-corrected chi connectivity index (χ3v) is 3.14. The Morgan fingerprint density at radius 1 is 1.26 bits per heavy atom. The molecular weight excluding hydrogens is 290 g/mol. The van der Waals surface area contributed by atoms with Crippen LogP contribution in [0, 0.1) is 6.92 Å². The van der Waals surface area contributed by atoms with Gasteiger partial charge in [-0.1, -0.05) is 48.6 Å². The zero-order valence-corrected chi connectivity index (χ0v) is 13.2. The van der Waals surface area contributed by atoms with Crippen molar-refractivity contribution in [2.45, 2.75) is 13.8 Å². The van der Waals surface area contributed by atoms with E-state index in [1.165, 1.54) is 0 Å². The molecule has 0 bridgehead atoms. The van der Waals surface area contributed by atoms with Gasteiger partial charge < -0.3 is 10.4 Å². The smallest absolute Gasteiger partial charge is 0.335 e. The molecule has 118 valence electrons. The van der Waals surface area contributed by atoms with Gasteiger partial charge in [0.2, 0.25) is 0 Å². The van der Waals surface area contributed by atoms with Gasteiger partial charge in [-0.2, -0.15) is 0 Å². The first-order valence-corrected chi connectivity index (χ1v) is 7.31. The highest BCUT2D eigenvalue weighted by Crippen LogP contribution is 2.17.